The molecule has 96 valence electrons. The van der Waals surface area contributed by atoms with Crippen molar-refractivity contribution in [1.29, 1.82) is 0 Å². The van der Waals surface area contributed by atoms with Crippen LogP contribution in [0.25, 0.3) is 0 Å². The van der Waals surface area contributed by atoms with Gasteiger partial charge < -0.3 is 9.67 Å². The van der Waals surface area contributed by atoms with Crippen molar-refractivity contribution >= 4 is 5.97 Å². The first kappa shape index (κ1) is 13.7. The lowest BCUT2D eigenvalue weighted by Crippen LogP contribution is -2.33. The van der Waals surface area contributed by atoms with Crippen LogP contribution in [0.4, 0.5) is 0 Å². The molecule has 0 saturated heterocycles. The Hall–Kier alpha value is -1.39. The molecule has 0 aromatic carbocycles. The second-order valence-electron chi connectivity index (χ2n) is 4.41. The lowest BCUT2D eigenvalue weighted by Gasteiger charge is -2.26. The molecule has 0 aliphatic rings. The molecule has 5 nitrogen and oxygen atoms in total. The van der Waals surface area contributed by atoms with Crippen LogP contribution in [0, 0.1) is 5.41 Å². The van der Waals surface area contributed by atoms with E-state index in [0.29, 0.717) is 19.3 Å². The van der Waals surface area contributed by atoms with E-state index in [0.717, 1.165) is 18.8 Å². The lowest BCUT2D eigenvalue weighted by molar-refractivity contribution is -0.149. The SMILES string of the molecule is CCCn1cnnc1CC(CC)(CC)C(=O)O. The minimum Gasteiger partial charge on any atom is -0.481 e. The number of carboxylic acid groups (broad SMARTS) is 1. The van der Waals surface area contributed by atoms with Crippen molar-refractivity contribution in [2.45, 2.75) is 53.0 Å². The predicted octanol–water partition coefficient (Wildman–Crippen LogP) is 2.12. The van der Waals surface area contributed by atoms with Gasteiger partial charge in [-0.2, -0.15) is 0 Å². The highest BCUT2D eigenvalue weighted by Crippen LogP contribution is 2.30. The molecule has 0 bridgehead atoms. The first-order valence-electron chi connectivity index (χ1n) is 6.19. The maximum Gasteiger partial charge on any atom is 0.310 e. The summed E-state index contributed by atoms with van der Waals surface area (Å²) in [5.41, 5.74) is -0.710. The third kappa shape index (κ3) is 2.84. The number of hydrogen-bond acceptors (Lipinski definition) is 3. The van der Waals surface area contributed by atoms with E-state index < -0.39 is 11.4 Å². The Morgan fingerprint density at radius 1 is 1.41 bits per heavy atom. The van der Waals surface area contributed by atoms with Gasteiger partial charge in [-0.1, -0.05) is 20.8 Å². The first-order chi connectivity index (χ1) is 8.09. The van der Waals surface area contributed by atoms with Gasteiger partial charge in [0.25, 0.3) is 0 Å². The van der Waals surface area contributed by atoms with Crippen molar-refractivity contribution in [1.82, 2.24) is 14.8 Å². The summed E-state index contributed by atoms with van der Waals surface area (Å²) in [5.74, 6) is 0.0338. The van der Waals surface area contributed by atoms with Gasteiger partial charge >= 0.3 is 5.97 Å². The molecule has 17 heavy (non-hydrogen) atoms. The van der Waals surface area contributed by atoms with Crippen molar-refractivity contribution in [3.63, 3.8) is 0 Å². The Labute approximate surface area is 102 Å². The van der Waals surface area contributed by atoms with Gasteiger partial charge in [0.15, 0.2) is 0 Å². The number of nitrogens with zero attached hydrogens (tertiary/aromatic N) is 3. The largest absolute Gasteiger partial charge is 0.481 e. The van der Waals surface area contributed by atoms with Crippen LogP contribution in [0.1, 0.15) is 45.9 Å². The number of hydrogen-bond donors (Lipinski definition) is 1. The summed E-state index contributed by atoms with van der Waals surface area (Å²) >= 11 is 0. The number of aliphatic carboxylic acids is 1. The van der Waals surface area contributed by atoms with Gasteiger partial charge in [-0.3, -0.25) is 4.79 Å². The summed E-state index contributed by atoms with van der Waals surface area (Å²) in [6, 6.07) is 0. The molecule has 0 aliphatic heterocycles. The maximum absolute atomic E-state index is 11.4. The standard InChI is InChI=1S/C12H21N3O2/c1-4-7-15-9-13-14-10(15)8-12(5-2,6-3)11(16)17/h9H,4-8H2,1-3H3,(H,16,17). The van der Waals surface area contributed by atoms with Crippen LogP contribution in [-0.4, -0.2) is 25.8 Å². The normalized spacial score (nSPS) is 11.7. The van der Waals surface area contributed by atoms with E-state index in [4.69, 9.17) is 0 Å². The van der Waals surface area contributed by atoms with E-state index in [9.17, 15) is 9.90 Å². The fourth-order valence-corrected chi connectivity index (χ4v) is 2.02. The summed E-state index contributed by atoms with van der Waals surface area (Å²) < 4.78 is 1.95. The number of aromatic nitrogens is 3. The summed E-state index contributed by atoms with van der Waals surface area (Å²) in [4.78, 5) is 11.4. The Balaban J connectivity index is 2.93. The van der Waals surface area contributed by atoms with Crippen molar-refractivity contribution in [2.24, 2.45) is 5.41 Å². The second-order valence-corrected chi connectivity index (χ2v) is 4.41. The molecule has 0 unspecified atom stereocenters. The molecular weight excluding hydrogens is 218 g/mol. The Morgan fingerprint density at radius 3 is 2.53 bits per heavy atom. The summed E-state index contributed by atoms with van der Waals surface area (Å²) in [6.45, 7) is 6.75. The maximum atomic E-state index is 11.4. The highest BCUT2D eigenvalue weighted by atomic mass is 16.4. The number of rotatable bonds is 7. The molecule has 0 atom stereocenters. The molecule has 0 spiro atoms. The first-order valence-corrected chi connectivity index (χ1v) is 6.19. The van der Waals surface area contributed by atoms with Gasteiger partial charge in [0, 0.05) is 13.0 Å². The van der Waals surface area contributed by atoms with Gasteiger partial charge in [-0.25, -0.2) is 0 Å². The van der Waals surface area contributed by atoms with E-state index in [1.165, 1.54) is 0 Å². The lowest BCUT2D eigenvalue weighted by atomic mass is 9.79. The average molecular weight is 239 g/mol. The van der Waals surface area contributed by atoms with Gasteiger partial charge in [0.05, 0.1) is 5.41 Å². The van der Waals surface area contributed by atoms with Gasteiger partial charge in [-0.15, -0.1) is 10.2 Å². The van der Waals surface area contributed by atoms with Crippen LogP contribution in [0.15, 0.2) is 6.33 Å². The summed E-state index contributed by atoms with van der Waals surface area (Å²) in [7, 11) is 0. The quantitative estimate of drug-likeness (QED) is 0.791. The van der Waals surface area contributed by atoms with Crippen molar-refractivity contribution in [2.75, 3.05) is 0 Å². The average Bonchev–Trinajstić information content (AvgIpc) is 2.73. The van der Waals surface area contributed by atoms with E-state index in [1.54, 1.807) is 6.33 Å². The minimum atomic E-state index is -0.742. The van der Waals surface area contributed by atoms with E-state index >= 15 is 0 Å². The smallest absolute Gasteiger partial charge is 0.310 e. The van der Waals surface area contributed by atoms with Crippen molar-refractivity contribution < 1.29 is 9.90 Å². The van der Waals surface area contributed by atoms with Crippen LogP contribution in [-0.2, 0) is 17.8 Å². The zero-order valence-corrected chi connectivity index (χ0v) is 10.8. The molecule has 1 N–H and O–H groups in total. The second kappa shape index (κ2) is 5.80. The number of carbonyl (C=O) groups is 1. The number of aryl methyl sites for hydroxylation is 1. The molecule has 1 aromatic heterocycles. The van der Waals surface area contributed by atoms with Gasteiger partial charge in [-0.05, 0) is 19.3 Å². The summed E-state index contributed by atoms with van der Waals surface area (Å²) in [6.07, 6.45) is 4.34. The highest BCUT2D eigenvalue weighted by molar-refractivity contribution is 5.74. The molecule has 1 rings (SSSR count). The zero-order valence-electron chi connectivity index (χ0n) is 10.8. The highest BCUT2D eigenvalue weighted by Gasteiger charge is 2.36. The molecule has 0 fully saturated rings. The van der Waals surface area contributed by atoms with Crippen molar-refractivity contribution in [3.05, 3.63) is 12.2 Å². The third-order valence-electron chi connectivity index (χ3n) is 3.46. The molecular formula is C12H21N3O2. The molecule has 0 radical (unpaired) electrons. The minimum absolute atomic E-state index is 0.454. The van der Waals surface area contributed by atoms with Crippen LogP contribution >= 0.6 is 0 Å². The fraction of sp³-hybridized carbons (Fsp3) is 0.750. The van der Waals surface area contributed by atoms with E-state index in [-0.39, 0.29) is 0 Å². The van der Waals surface area contributed by atoms with E-state index in [1.807, 2.05) is 18.4 Å². The van der Waals surface area contributed by atoms with Gasteiger partial charge in [0.2, 0.25) is 0 Å². The molecule has 5 heteroatoms. The fourth-order valence-electron chi connectivity index (χ4n) is 2.02. The number of carboxylic acids is 1. The molecule has 1 heterocycles. The monoisotopic (exact) mass is 239 g/mol. The Morgan fingerprint density at radius 2 is 2.06 bits per heavy atom. The molecule has 0 saturated carbocycles. The van der Waals surface area contributed by atoms with Crippen molar-refractivity contribution in [3.8, 4) is 0 Å². The Bertz CT molecular complexity index is 370. The van der Waals surface area contributed by atoms with Crippen LogP contribution < -0.4 is 0 Å². The molecule has 1 aromatic rings. The Kier molecular flexibility index (Phi) is 4.66. The topological polar surface area (TPSA) is 68.0 Å². The zero-order chi connectivity index (χ0) is 12.9. The van der Waals surface area contributed by atoms with Crippen LogP contribution in [0.2, 0.25) is 0 Å². The van der Waals surface area contributed by atoms with Gasteiger partial charge in [0.1, 0.15) is 12.2 Å². The predicted molar refractivity (Wildman–Crippen MR) is 64.7 cm³/mol. The molecule has 0 amide bonds. The van der Waals surface area contributed by atoms with Crippen LogP contribution in [0.3, 0.4) is 0 Å². The molecule has 0 aliphatic carbocycles. The summed E-state index contributed by atoms with van der Waals surface area (Å²) in [5, 5.41) is 17.3. The van der Waals surface area contributed by atoms with Crippen LogP contribution in [0.5, 0.6) is 0 Å². The third-order valence-corrected chi connectivity index (χ3v) is 3.46. The van der Waals surface area contributed by atoms with E-state index in [2.05, 4.69) is 17.1 Å².